The maximum Gasteiger partial charge on any atom is 0.142 e. The molecule has 0 amide bonds. The van der Waals surface area contributed by atoms with Crippen LogP contribution in [-0.4, -0.2) is 15.1 Å². The van der Waals surface area contributed by atoms with Crippen molar-refractivity contribution in [2.45, 2.75) is 26.4 Å². The normalized spacial score (nSPS) is 12.5. The topological polar surface area (TPSA) is 58.0 Å². The molecular formula is C16H17N3OS. The summed E-state index contributed by atoms with van der Waals surface area (Å²) in [5, 5.41) is 14.0. The van der Waals surface area contributed by atoms with Gasteiger partial charge in [-0.25, -0.2) is 9.97 Å². The fourth-order valence-corrected chi connectivity index (χ4v) is 3.13. The van der Waals surface area contributed by atoms with E-state index in [9.17, 15) is 5.11 Å². The lowest BCUT2D eigenvalue weighted by Gasteiger charge is -2.09. The van der Waals surface area contributed by atoms with E-state index in [1.54, 1.807) is 24.6 Å². The molecule has 108 valence electrons. The number of hydrogen-bond acceptors (Lipinski definition) is 5. The van der Waals surface area contributed by atoms with Crippen molar-refractivity contribution in [3.8, 4) is 0 Å². The maximum atomic E-state index is 9.67. The monoisotopic (exact) mass is 299 g/mol. The van der Waals surface area contributed by atoms with Crippen LogP contribution < -0.4 is 5.32 Å². The lowest BCUT2D eigenvalue weighted by Crippen LogP contribution is -1.97. The molecule has 0 saturated heterocycles. The van der Waals surface area contributed by atoms with Crippen molar-refractivity contribution in [2.75, 3.05) is 5.32 Å². The van der Waals surface area contributed by atoms with Crippen LogP contribution in [0.1, 0.15) is 30.4 Å². The molecule has 2 aromatic heterocycles. The van der Waals surface area contributed by atoms with Gasteiger partial charge in [-0.1, -0.05) is 19.1 Å². The highest BCUT2D eigenvalue weighted by molar-refractivity contribution is 7.18. The van der Waals surface area contributed by atoms with Crippen LogP contribution in [0.15, 0.2) is 36.7 Å². The Kier molecular flexibility index (Phi) is 3.86. The van der Waals surface area contributed by atoms with Crippen LogP contribution in [0, 0.1) is 0 Å². The van der Waals surface area contributed by atoms with Gasteiger partial charge in [0, 0.05) is 10.6 Å². The van der Waals surface area contributed by atoms with Gasteiger partial charge < -0.3 is 10.4 Å². The molecule has 2 heterocycles. The average molecular weight is 299 g/mol. The minimum atomic E-state index is -0.481. The molecule has 1 unspecified atom stereocenters. The highest BCUT2D eigenvalue weighted by Crippen LogP contribution is 2.30. The van der Waals surface area contributed by atoms with Crippen LogP contribution in [0.3, 0.4) is 0 Å². The van der Waals surface area contributed by atoms with E-state index in [1.165, 1.54) is 4.88 Å². The summed E-state index contributed by atoms with van der Waals surface area (Å²) in [5.74, 6) is 0.804. The van der Waals surface area contributed by atoms with E-state index in [0.717, 1.165) is 33.7 Å². The smallest absolute Gasteiger partial charge is 0.142 e. The molecule has 21 heavy (non-hydrogen) atoms. The van der Waals surface area contributed by atoms with Crippen LogP contribution in [0.25, 0.3) is 10.2 Å². The molecule has 0 aliphatic heterocycles. The minimum Gasteiger partial charge on any atom is -0.389 e. The molecule has 0 aliphatic rings. The molecule has 5 heteroatoms. The highest BCUT2D eigenvalue weighted by Gasteiger charge is 2.09. The summed E-state index contributed by atoms with van der Waals surface area (Å²) in [5.41, 5.74) is 1.79. The number of aromatic nitrogens is 2. The van der Waals surface area contributed by atoms with Crippen molar-refractivity contribution < 1.29 is 5.11 Å². The lowest BCUT2D eigenvalue weighted by molar-refractivity contribution is 0.199. The first kappa shape index (κ1) is 14.0. The van der Waals surface area contributed by atoms with E-state index in [0.29, 0.717) is 0 Å². The summed E-state index contributed by atoms with van der Waals surface area (Å²) < 4.78 is 0. The van der Waals surface area contributed by atoms with E-state index >= 15 is 0 Å². The van der Waals surface area contributed by atoms with E-state index < -0.39 is 6.10 Å². The van der Waals surface area contributed by atoms with Crippen LogP contribution in [0.5, 0.6) is 0 Å². The van der Waals surface area contributed by atoms with Crippen LogP contribution >= 0.6 is 11.3 Å². The second-order valence-electron chi connectivity index (χ2n) is 4.93. The molecule has 0 fully saturated rings. The molecule has 2 N–H and O–H groups in total. The van der Waals surface area contributed by atoms with Gasteiger partial charge in [0.25, 0.3) is 0 Å². The lowest BCUT2D eigenvalue weighted by atomic mass is 10.1. The second kappa shape index (κ2) is 5.79. The molecule has 0 saturated carbocycles. The first-order valence-corrected chi connectivity index (χ1v) is 7.77. The predicted molar refractivity (Wildman–Crippen MR) is 87.2 cm³/mol. The zero-order valence-corrected chi connectivity index (χ0v) is 12.8. The Hall–Kier alpha value is -1.98. The summed E-state index contributed by atoms with van der Waals surface area (Å²) >= 11 is 1.70. The zero-order valence-electron chi connectivity index (χ0n) is 12.0. The average Bonchev–Trinajstić information content (AvgIpc) is 2.92. The fourth-order valence-electron chi connectivity index (χ4n) is 2.19. The van der Waals surface area contributed by atoms with Gasteiger partial charge in [-0.15, -0.1) is 11.3 Å². The molecule has 0 radical (unpaired) electrons. The Morgan fingerprint density at radius 2 is 2.14 bits per heavy atom. The maximum absolute atomic E-state index is 9.67. The summed E-state index contributed by atoms with van der Waals surface area (Å²) in [4.78, 5) is 11.0. The Bertz CT molecular complexity index is 767. The molecule has 3 aromatic rings. The fraction of sp³-hybridized carbons (Fsp3) is 0.250. The molecular weight excluding hydrogens is 282 g/mol. The third kappa shape index (κ3) is 2.89. The molecule has 1 atom stereocenters. The number of nitrogens with one attached hydrogen (secondary N) is 1. The summed E-state index contributed by atoms with van der Waals surface area (Å²) in [7, 11) is 0. The van der Waals surface area contributed by atoms with Crippen molar-refractivity contribution in [1.29, 1.82) is 0 Å². The quantitative estimate of drug-likeness (QED) is 0.763. The molecule has 0 bridgehead atoms. The van der Waals surface area contributed by atoms with Gasteiger partial charge >= 0.3 is 0 Å². The number of aryl methyl sites for hydroxylation is 1. The van der Waals surface area contributed by atoms with Gasteiger partial charge in [0.15, 0.2) is 0 Å². The number of thiophene rings is 1. The Labute approximate surface area is 127 Å². The van der Waals surface area contributed by atoms with Crippen molar-refractivity contribution in [1.82, 2.24) is 9.97 Å². The van der Waals surface area contributed by atoms with Crippen molar-refractivity contribution >= 4 is 33.1 Å². The Morgan fingerprint density at radius 3 is 2.90 bits per heavy atom. The zero-order chi connectivity index (χ0) is 14.8. The number of hydrogen-bond donors (Lipinski definition) is 2. The number of aliphatic hydroxyl groups is 1. The van der Waals surface area contributed by atoms with Gasteiger partial charge in [0.05, 0.1) is 11.5 Å². The van der Waals surface area contributed by atoms with E-state index in [4.69, 9.17) is 0 Å². The number of fused-ring (bicyclic) bond motifs is 1. The summed E-state index contributed by atoms with van der Waals surface area (Å²) in [6, 6.07) is 9.87. The van der Waals surface area contributed by atoms with Crippen LogP contribution in [0.4, 0.5) is 11.5 Å². The largest absolute Gasteiger partial charge is 0.389 e. The Balaban J connectivity index is 1.98. The van der Waals surface area contributed by atoms with E-state index in [-0.39, 0.29) is 0 Å². The van der Waals surface area contributed by atoms with Gasteiger partial charge in [0.1, 0.15) is 17.0 Å². The standard InChI is InChI=1S/C16H17N3OS/c1-3-13-8-14-15(17-9-18-16(14)21-13)19-12-6-4-5-11(7-12)10(2)20/h4-10,20H,3H2,1-2H3,(H,17,18,19). The van der Waals surface area contributed by atoms with Crippen molar-refractivity contribution in [3.05, 3.63) is 47.1 Å². The SMILES string of the molecule is CCc1cc2c(Nc3cccc(C(C)O)c3)ncnc2s1. The van der Waals surface area contributed by atoms with Crippen molar-refractivity contribution in [3.63, 3.8) is 0 Å². The summed E-state index contributed by atoms with van der Waals surface area (Å²) in [6.07, 6.45) is 2.10. The van der Waals surface area contributed by atoms with Gasteiger partial charge in [-0.2, -0.15) is 0 Å². The number of anilines is 2. The predicted octanol–water partition coefficient (Wildman–Crippen LogP) is 4.05. The first-order valence-electron chi connectivity index (χ1n) is 6.96. The first-order chi connectivity index (χ1) is 10.2. The second-order valence-corrected chi connectivity index (χ2v) is 6.05. The third-order valence-electron chi connectivity index (χ3n) is 3.36. The van der Waals surface area contributed by atoms with Gasteiger partial charge in [0.2, 0.25) is 0 Å². The molecule has 3 rings (SSSR count). The number of rotatable bonds is 4. The number of aliphatic hydroxyl groups excluding tert-OH is 1. The molecule has 1 aromatic carbocycles. The van der Waals surface area contributed by atoms with Gasteiger partial charge in [-0.3, -0.25) is 0 Å². The Morgan fingerprint density at radius 1 is 1.29 bits per heavy atom. The highest BCUT2D eigenvalue weighted by atomic mass is 32.1. The molecule has 4 nitrogen and oxygen atoms in total. The number of benzene rings is 1. The molecule has 0 spiro atoms. The van der Waals surface area contributed by atoms with Crippen LogP contribution in [0.2, 0.25) is 0 Å². The summed E-state index contributed by atoms with van der Waals surface area (Å²) in [6.45, 7) is 3.89. The molecule has 0 aliphatic carbocycles. The number of nitrogens with zero attached hydrogens (tertiary/aromatic N) is 2. The van der Waals surface area contributed by atoms with E-state index in [1.807, 2.05) is 24.3 Å². The van der Waals surface area contributed by atoms with Crippen molar-refractivity contribution in [2.24, 2.45) is 0 Å². The van der Waals surface area contributed by atoms with Gasteiger partial charge in [-0.05, 0) is 37.1 Å². The third-order valence-corrected chi connectivity index (χ3v) is 4.55. The van der Waals surface area contributed by atoms with Crippen LogP contribution in [-0.2, 0) is 6.42 Å². The van der Waals surface area contributed by atoms with E-state index in [2.05, 4.69) is 28.3 Å². The minimum absolute atomic E-state index is 0.481.